The van der Waals surface area contributed by atoms with Crippen molar-refractivity contribution in [3.63, 3.8) is 0 Å². The maximum atomic E-state index is 13.6. The van der Waals surface area contributed by atoms with Crippen LogP contribution in [0.4, 0.5) is 5.69 Å². The first kappa shape index (κ1) is 20.4. The SMILES string of the molecule is CCOC(=O)/C=C1/Nc2ccccc2C12CCc1c([nH]c3ccccc13)C2C(=O)OCC. The van der Waals surface area contributed by atoms with Gasteiger partial charge in [-0.25, -0.2) is 4.79 Å². The van der Waals surface area contributed by atoms with Crippen molar-refractivity contribution in [3.8, 4) is 0 Å². The van der Waals surface area contributed by atoms with Crippen LogP contribution in [0.5, 0.6) is 0 Å². The number of H-pyrrole nitrogens is 1. The smallest absolute Gasteiger partial charge is 0.332 e. The van der Waals surface area contributed by atoms with Crippen molar-refractivity contribution >= 4 is 28.5 Å². The zero-order valence-electron chi connectivity index (χ0n) is 18.2. The summed E-state index contributed by atoms with van der Waals surface area (Å²) in [5.74, 6) is -1.34. The van der Waals surface area contributed by atoms with Crippen LogP contribution < -0.4 is 5.32 Å². The van der Waals surface area contributed by atoms with Gasteiger partial charge in [0.2, 0.25) is 0 Å². The number of anilines is 1. The summed E-state index contributed by atoms with van der Waals surface area (Å²) in [6.45, 7) is 4.17. The highest BCUT2D eigenvalue weighted by Gasteiger charge is 2.56. The molecule has 2 aliphatic rings. The van der Waals surface area contributed by atoms with Crippen LogP contribution in [0.2, 0.25) is 0 Å². The van der Waals surface area contributed by atoms with E-state index in [0.29, 0.717) is 12.1 Å². The number of nitrogens with one attached hydrogen (secondary N) is 2. The third-order valence-corrected chi connectivity index (χ3v) is 6.63. The number of allylic oxidation sites excluding steroid dienone is 1. The van der Waals surface area contributed by atoms with Gasteiger partial charge in [0.1, 0.15) is 5.92 Å². The molecule has 0 amide bonds. The minimum Gasteiger partial charge on any atom is -0.465 e. The second-order valence-electron chi connectivity index (χ2n) is 8.20. The molecule has 0 radical (unpaired) electrons. The summed E-state index contributed by atoms with van der Waals surface area (Å²) in [7, 11) is 0. The lowest BCUT2D eigenvalue weighted by molar-refractivity contribution is -0.147. The molecule has 6 nitrogen and oxygen atoms in total. The Balaban J connectivity index is 1.77. The van der Waals surface area contributed by atoms with Crippen LogP contribution >= 0.6 is 0 Å². The van der Waals surface area contributed by atoms with E-state index in [4.69, 9.17) is 9.47 Å². The molecule has 1 aliphatic carbocycles. The summed E-state index contributed by atoms with van der Waals surface area (Å²) in [4.78, 5) is 29.6. The summed E-state index contributed by atoms with van der Waals surface area (Å²) in [6, 6.07) is 16.0. The van der Waals surface area contributed by atoms with Gasteiger partial charge >= 0.3 is 11.9 Å². The number of aromatic nitrogens is 1. The topological polar surface area (TPSA) is 80.4 Å². The van der Waals surface area contributed by atoms with Crippen LogP contribution in [0.1, 0.15) is 43.0 Å². The Morgan fingerprint density at radius 1 is 1.06 bits per heavy atom. The molecule has 0 saturated carbocycles. The number of benzene rings is 2. The van der Waals surface area contributed by atoms with Gasteiger partial charge in [0.05, 0.1) is 18.6 Å². The van der Waals surface area contributed by atoms with Crippen molar-refractivity contribution in [2.24, 2.45) is 0 Å². The largest absolute Gasteiger partial charge is 0.465 e. The molecule has 32 heavy (non-hydrogen) atoms. The fourth-order valence-electron chi connectivity index (χ4n) is 5.42. The van der Waals surface area contributed by atoms with Gasteiger partial charge in [-0.3, -0.25) is 4.79 Å². The summed E-state index contributed by atoms with van der Waals surface area (Å²) in [5.41, 5.74) is 4.84. The predicted octanol–water partition coefficient (Wildman–Crippen LogP) is 4.57. The molecule has 6 heteroatoms. The number of hydrogen-bond donors (Lipinski definition) is 2. The van der Waals surface area contributed by atoms with Crippen molar-refractivity contribution < 1.29 is 19.1 Å². The number of hydrogen-bond acceptors (Lipinski definition) is 5. The normalized spacial score (nSPS) is 22.4. The third kappa shape index (κ3) is 2.93. The Hall–Kier alpha value is -3.54. The van der Waals surface area contributed by atoms with E-state index >= 15 is 0 Å². The van der Waals surface area contributed by atoms with E-state index in [1.54, 1.807) is 6.92 Å². The highest BCUT2D eigenvalue weighted by atomic mass is 16.5. The predicted molar refractivity (Wildman–Crippen MR) is 122 cm³/mol. The Labute approximate surface area is 186 Å². The van der Waals surface area contributed by atoms with Gasteiger partial charge in [-0.15, -0.1) is 0 Å². The van der Waals surface area contributed by atoms with E-state index in [0.717, 1.165) is 39.8 Å². The van der Waals surface area contributed by atoms with Gasteiger partial charge < -0.3 is 19.8 Å². The lowest BCUT2D eigenvalue weighted by Crippen LogP contribution is -2.43. The molecule has 0 bridgehead atoms. The molecule has 1 spiro atoms. The zero-order chi connectivity index (χ0) is 22.3. The fourth-order valence-corrected chi connectivity index (χ4v) is 5.42. The Morgan fingerprint density at radius 3 is 2.62 bits per heavy atom. The first-order valence-corrected chi connectivity index (χ1v) is 11.1. The quantitative estimate of drug-likeness (QED) is 0.468. The number of esters is 2. The second kappa shape index (κ2) is 7.86. The van der Waals surface area contributed by atoms with Gasteiger partial charge in [-0.05, 0) is 49.9 Å². The van der Waals surface area contributed by atoms with Crippen LogP contribution in [0.15, 0.2) is 60.3 Å². The molecule has 2 aromatic carbocycles. The number of carbonyl (C=O) groups is 2. The Kier molecular flexibility index (Phi) is 5.00. The van der Waals surface area contributed by atoms with Crippen molar-refractivity contribution in [2.45, 2.75) is 38.0 Å². The molecule has 2 N–H and O–H groups in total. The molecular weight excluding hydrogens is 404 g/mol. The van der Waals surface area contributed by atoms with E-state index in [2.05, 4.69) is 16.4 Å². The Bertz CT molecular complexity index is 1240. The lowest BCUT2D eigenvalue weighted by atomic mass is 9.61. The molecule has 2 heterocycles. The molecule has 2 unspecified atom stereocenters. The van der Waals surface area contributed by atoms with Crippen LogP contribution in [0.25, 0.3) is 10.9 Å². The molecule has 1 aromatic heterocycles. The molecular formula is C26H26N2O4. The standard InChI is InChI=1S/C26H26N2O4/c1-3-31-22(29)15-21-26(18-10-6-8-12-20(18)27-21)14-13-17-16-9-5-7-11-19(16)28-24(17)23(26)25(30)32-4-2/h5-12,15,23,27-28H,3-4,13-14H2,1-2H3/b21-15+. The number of aromatic amines is 1. The summed E-state index contributed by atoms with van der Waals surface area (Å²) < 4.78 is 10.8. The van der Waals surface area contributed by atoms with Gasteiger partial charge in [0, 0.05) is 34.1 Å². The lowest BCUT2D eigenvalue weighted by Gasteiger charge is -2.41. The van der Waals surface area contributed by atoms with E-state index in [9.17, 15) is 9.59 Å². The molecule has 2 atom stereocenters. The van der Waals surface area contributed by atoms with E-state index in [1.165, 1.54) is 6.08 Å². The number of rotatable bonds is 4. The summed E-state index contributed by atoms with van der Waals surface area (Å²) in [5, 5.41) is 4.54. The van der Waals surface area contributed by atoms with Gasteiger partial charge in [-0.1, -0.05) is 36.4 Å². The van der Waals surface area contributed by atoms with Crippen molar-refractivity contribution in [2.75, 3.05) is 18.5 Å². The van der Waals surface area contributed by atoms with E-state index in [1.807, 2.05) is 49.4 Å². The number of carbonyl (C=O) groups excluding carboxylic acids is 2. The maximum absolute atomic E-state index is 13.6. The van der Waals surface area contributed by atoms with Gasteiger partial charge in [0.15, 0.2) is 0 Å². The van der Waals surface area contributed by atoms with Crippen molar-refractivity contribution in [1.29, 1.82) is 0 Å². The Morgan fingerprint density at radius 2 is 1.81 bits per heavy atom. The van der Waals surface area contributed by atoms with Crippen LogP contribution in [0, 0.1) is 0 Å². The van der Waals surface area contributed by atoms with Crippen LogP contribution in [-0.4, -0.2) is 30.1 Å². The number of para-hydroxylation sites is 2. The molecule has 1 aliphatic heterocycles. The first-order valence-electron chi connectivity index (χ1n) is 11.1. The van der Waals surface area contributed by atoms with Gasteiger partial charge in [0.25, 0.3) is 0 Å². The minimum atomic E-state index is -0.747. The highest BCUT2D eigenvalue weighted by molar-refractivity contribution is 5.93. The average molecular weight is 431 g/mol. The first-order chi connectivity index (χ1) is 15.6. The molecule has 3 aromatic rings. The molecule has 0 fully saturated rings. The number of ether oxygens (including phenoxy) is 2. The van der Waals surface area contributed by atoms with Gasteiger partial charge in [-0.2, -0.15) is 0 Å². The average Bonchev–Trinajstić information content (AvgIpc) is 3.30. The zero-order valence-corrected chi connectivity index (χ0v) is 18.2. The van der Waals surface area contributed by atoms with Crippen molar-refractivity contribution in [3.05, 3.63) is 77.1 Å². The van der Waals surface area contributed by atoms with Crippen LogP contribution in [0.3, 0.4) is 0 Å². The summed E-state index contributed by atoms with van der Waals surface area (Å²) >= 11 is 0. The third-order valence-electron chi connectivity index (χ3n) is 6.63. The second-order valence-corrected chi connectivity index (χ2v) is 8.20. The number of aryl methyl sites for hydroxylation is 1. The van der Waals surface area contributed by atoms with Crippen LogP contribution in [-0.2, 0) is 30.9 Å². The highest BCUT2D eigenvalue weighted by Crippen LogP contribution is 2.58. The number of fused-ring (bicyclic) bond motifs is 5. The maximum Gasteiger partial charge on any atom is 0.332 e. The molecule has 0 saturated heterocycles. The molecule has 5 rings (SSSR count). The minimum absolute atomic E-state index is 0.285. The van der Waals surface area contributed by atoms with E-state index < -0.39 is 17.3 Å². The fraction of sp³-hybridized carbons (Fsp3) is 0.308. The molecule has 164 valence electrons. The van der Waals surface area contributed by atoms with E-state index in [-0.39, 0.29) is 19.2 Å². The van der Waals surface area contributed by atoms with Crippen molar-refractivity contribution in [1.82, 2.24) is 4.98 Å². The summed E-state index contributed by atoms with van der Waals surface area (Å²) in [6.07, 6.45) is 2.94. The monoisotopic (exact) mass is 430 g/mol.